The van der Waals surface area contributed by atoms with Gasteiger partial charge in [0.2, 0.25) is 0 Å². The van der Waals surface area contributed by atoms with Crippen molar-refractivity contribution in [3.8, 4) is 0 Å². The highest BCUT2D eigenvalue weighted by Crippen LogP contribution is 1.98. The first-order chi connectivity index (χ1) is 8.11. The normalized spacial score (nSPS) is 17.4. The molecule has 0 amide bonds. The van der Waals surface area contributed by atoms with E-state index in [9.17, 15) is 10.2 Å². The van der Waals surface area contributed by atoms with Gasteiger partial charge in [0.05, 0.1) is 6.10 Å². The predicted octanol–water partition coefficient (Wildman–Crippen LogP) is 0.979. The van der Waals surface area contributed by atoms with Gasteiger partial charge in [-0.1, -0.05) is 37.0 Å². The fraction of sp³-hybridized carbons (Fsp3) is 0.538. The van der Waals surface area contributed by atoms with Crippen LogP contribution < -0.4 is 5.32 Å². The van der Waals surface area contributed by atoms with Crippen LogP contribution in [0.5, 0.6) is 0 Å². The first-order valence-corrected chi connectivity index (χ1v) is 5.68. The average Bonchev–Trinajstić information content (AvgIpc) is 2.31. The highest BCUT2D eigenvalue weighted by atomic mass is 16.5. The number of allylic oxidation sites excluding steroid dienone is 4. The van der Waals surface area contributed by atoms with E-state index >= 15 is 0 Å². The number of methoxy groups -OCH3 is 1. The van der Waals surface area contributed by atoms with Crippen LogP contribution in [0.3, 0.4) is 0 Å². The summed E-state index contributed by atoms with van der Waals surface area (Å²) < 4.78 is 4.85. The van der Waals surface area contributed by atoms with E-state index in [1.165, 1.54) is 0 Å². The molecule has 0 saturated heterocycles. The third-order valence-corrected chi connectivity index (χ3v) is 2.23. The monoisotopic (exact) mass is 241 g/mol. The molecule has 0 aromatic carbocycles. The molecule has 2 unspecified atom stereocenters. The molecule has 3 atom stereocenters. The molecule has 0 heterocycles. The van der Waals surface area contributed by atoms with E-state index in [0.29, 0.717) is 13.0 Å². The van der Waals surface area contributed by atoms with Crippen LogP contribution in [-0.2, 0) is 4.74 Å². The van der Waals surface area contributed by atoms with Gasteiger partial charge in [-0.15, -0.1) is 0 Å². The van der Waals surface area contributed by atoms with Crippen molar-refractivity contribution in [3.63, 3.8) is 0 Å². The number of aliphatic hydroxyl groups excluding tert-OH is 2. The Hall–Kier alpha value is -0.940. The second kappa shape index (κ2) is 10.2. The highest BCUT2D eigenvalue weighted by Gasteiger charge is 2.14. The molecule has 17 heavy (non-hydrogen) atoms. The molecule has 0 rings (SSSR count). The van der Waals surface area contributed by atoms with Gasteiger partial charge in [0.1, 0.15) is 6.23 Å². The largest absolute Gasteiger partial charge is 0.387 e. The van der Waals surface area contributed by atoms with Crippen LogP contribution in [0, 0.1) is 0 Å². The van der Waals surface area contributed by atoms with Crippen LogP contribution in [0.25, 0.3) is 0 Å². The van der Waals surface area contributed by atoms with Gasteiger partial charge in [-0.25, -0.2) is 0 Å². The van der Waals surface area contributed by atoms with Crippen molar-refractivity contribution in [1.29, 1.82) is 0 Å². The molecule has 0 aromatic heterocycles. The van der Waals surface area contributed by atoms with Gasteiger partial charge in [-0.05, 0) is 6.92 Å². The third kappa shape index (κ3) is 8.83. The zero-order valence-corrected chi connectivity index (χ0v) is 10.5. The maximum atomic E-state index is 9.74. The predicted molar refractivity (Wildman–Crippen MR) is 69.6 cm³/mol. The van der Waals surface area contributed by atoms with Crippen LogP contribution in [0.2, 0.25) is 0 Å². The van der Waals surface area contributed by atoms with Crippen LogP contribution in [0.15, 0.2) is 37.0 Å². The Labute approximate surface area is 103 Å². The smallest absolute Gasteiger partial charge is 0.107 e. The van der Waals surface area contributed by atoms with Gasteiger partial charge in [-0.3, -0.25) is 5.32 Å². The van der Waals surface area contributed by atoms with Crippen LogP contribution in [0.4, 0.5) is 0 Å². The van der Waals surface area contributed by atoms with Gasteiger partial charge in [0, 0.05) is 26.2 Å². The van der Waals surface area contributed by atoms with Crippen molar-refractivity contribution in [2.45, 2.75) is 31.7 Å². The summed E-state index contributed by atoms with van der Waals surface area (Å²) in [6, 6.07) is -0.227. The van der Waals surface area contributed by atoms with Crippen LogP contribution >= 0.6 is 0 Å². The van der Waals surface area contributed by atoms with E-state index in [4.69, 9.17) is 4.74 Å². The van der Waals surface area contributed by atoms with E-state index < -0.39 is 12.3 Å². The lowest BCUT2D eigenvalue weighted by Crippen LogP contribution is -2.43. The fourth-order valence-corrected chi connectivity index (χ4v) is 1.20. The topological polar surface area (TPSA) is 61.7 Å². The molecule has 0 aromatic rings. The summed E-state index contributed by atoms with van der Waals surface area (Å²) in [7, 11) is 1.58. The molecule has 4 heteroatoms. The minimum Gasteiger partial charge on any atom is -0.387 e. The van der Waals surface area contributed by atoms with Gasteiger partial charge in [0.25, 0.3) is 0 Å². The number of ether oxygens (including phenoxy) is 1. The summed E-state index contributed by atoms with van der Waals surface area (Å²) >= 11 is 0. The average molecular weight is 241 g/mol. The van der Waals surface area contributed by atoms with E-state index in [0.717, 1.165) is 0 Å². The Balaban J connectivity index is 3.95. The maximum Gasteiger partial charge on any atom is 0.107 e. The summed E-state index contributed by atoms with van der Waals surface area (Å²) in [6.07, 6.45) is 7.78. The lowest BCUT2D eigenvalue weighted by molar-refractivity contribution is 0.0594. The SMILES string of the molecule is C=C/C=C\C=C\C(O)[C@@H](C)NC(O)CCOC. The minimum atomic E-state index is -0.670. The summed E-state index contributed by atoms with van der Waals surface area (Å²) in [5.74, 6) is 0. The van der Waals surface area contributed by atoms with Gasteiger partial charge in [-0.2, -0.15) is 0 Å². The molecular formula is C13H23NO3. The van der Waals surface area contributed by atoms with E-state index in [1.54, 1.807) is 37.5 Å². The number of hydrogen-bond donors (Lipinski definition) is 3. The zero-order valence-electron chi connectivity index (χ0n) is 10.5. The Morgan fingerprint density at radius 2 is 2.00 bits per heavy atom. The molecule has 0 bridgehead atoms. The van der Waals surface area contributed by atoms with Gasteiger partial charge >= 0.3 is 0 Å². The van der Waals surface area contributed by atoms with Crippen molar-refractivity contribution in [1.82, 2.24) is 5.32 Å². The molecule has 98 valence electrons. The molecule has 0 aliphatic rings. The van der Waals surface area contributed by atoms with Crippen molar-refractivity contribution in [2.24, 2.45) is 0 Å². The third-order valence-electron chi connectivity index (χ3n) is 2.23. The fourth-order valence-electron chi connectivity index (χ4n) is 1.20. The molecule has 0 saturated carbocycles. The maximum absolute atomic E-state index is 9.74. The molecule has 0 fully saturated rings. The molecule has 0 spiro atoms. The molecule has 0 aliphatic carbocycles. The Morgan fingerprint density at radius 3 is 2.59 bits per heavy atom. The van der Waals surface area contributed by atoms with Gasteiger partial charge in [0.15, 0.2) is 0 Å². The minimum absolute atomic E-state index is 0.227. The van der Waals surface area contributed by atoms with Crippen molar-refractivity contribution in [3.05, 3.63) is 37.0 Å². The van der Waals surface area contributed by atoms with Crippen molar-refractivity contribution < 1.29 is 14.9 Å². The molecular weight excluding hydrogens is 218 g/mol. The Kier molecular flexibility index (Phi) is 9.66. The second-order valence-corrected chi connectivity index (χ2v) is 3.75. The summed E-state index contributed by atoms with van der Waals surface area (Å²) in [4.78, 5) is 0. The lowest BCUT2D eigenvalue weighted by Gasteiger charge is -2.21. The standard InChI is InChI=1S/C13H23NO3/c1-4-5-6-7-8-12(15)11(2)14-13(16)9-10-17-3/h4-8,11-16H,1,9-10H2,2-3H3/b6-5-,8-7+/t11-,12?,13?/m1/s1. The zero-order chi connectivity index (χ0) is 13.1. The molecule has 0 radical (unpaired) electrons. The number of nitrogens with one attached hydrogen (secondary N) is 1. The summed E-state index contributed by atoms with van der Waals surface area (Å²) in [5.41, 5.74) is 0. The molecule has 4 nitrogen and oxygen atoms in total. The van der Waals surface area contributed by atoms with Crippen molar-refractivity contribution in [2.75, 3.05) is 13.7 Å². The van der Waals surface area contributed by atoms with Gasteiger partial charge < -0.3 is 14.9 Å². The second-order valence-electron chi connectivity index (χ2n) is 3.75. The molecule has 3 N–H and O–H groups in total. The number of hydrogen-bond acceptors (Lipinski definition) is 4. The highest BCUT2D eigenvalue weighted by molar-refractivity contribution is 5.10. The van der Waals surface area contributed by atoms with E-state index in [2.05, 4.69) is 11.9 Å². The lowest BCUT2D eigenvalue weighted by atomic mass is 10.1. The van der Waals surface area contributed by atoms with Crippen molar-refractivity contribution >= 4 is 0 Å². The number of rotatable bonds is 9. The quantitative estimate of drug-likeness (QED) is 0.416. The first-order valence-electron chi connectivity index (χ1n) is 5.68. The first kappa shape index (κ1) is 16.1. The van der Waals surface area contributed by atoms with Crippen LogP contribution in [-0.4, -0.2) is 42.3 Å². The Bertz CT molecular complexity index is 251. The molecule has 0 aliphatic heterocycles. The Morgan fingerprint density at radius 1 is 1.29 bits per heavy atom. The van der Waals surface area contributed by atoms with E-state index in [1.807, 2.05) is 6.92 Å². The van der Waals surface area contributed by atoms with Crippen LogP contribution in [0.1, 0.15) is 13.3 Å². The number of aliphatic hydroxyl groups is 2. The summed E-state index contributed by atoms with van der Waals surface area (Å²) in [6.45, 7) is 5.83. The summed E-state index contributed by atoms with van der Waals surface area (Å²) in [5, 5.41) is 22.2. The van der Waals surface area contributed by atoms with E-state index in [-0.39, 0.29) is 6.04 Å².